The first-order valence-electron chi connectivity index (χ1n) is 14.3. The number of rotatable bonds is 8. The van der Waals surface area contributed by atoms with Crippen LogP contribution in [0, 0.1) is 6.92 Å². The van der Waals surface area contributed by atoms with Gasteiger partial charge in [-0.1, -0.05) is 6.07 Å². The summed E-state index contributed by atoms with van der Waals surface area (Å²) in [7, 11) is 0. The molecular weight excluding hydrogens is 550 g/mol. The van der Waals surface area contributed by atoms with E-state index >= 15 is 0 Å². The zero-order valence-corrected chi connectivity index (χ0v) is 24.4. The van der Waals surface area contributed by atoms with Crippen molar-refractivity contribution in [2.45, 2.75) is 31.8 Å². The summed E-state index contributed by atoms with van der Waals surface area (Å²) in [4.78, 5) is 31.1. The number of piperazine rings is 1. The fraction of sp³-hybridized carbons (Fsp3) is 0.355. The number of carboxylic acids is 1. The van der Waals surface area contributed by atoms with Crippen molar-refractivity contribution in [1.82, 2.24) is 19.9 Å². The van der Waals surface area contributed by atoms with Crippen LogP contribution in [0.5, 0.6) is 0 Å². The number of benzene rings is 1. The molecule has 4 heterocycles. The van der Waals surface area contributed by atoms with Gasteiger partial charge >= 0.3 is 5.97 Å². The predicted molar refractivity (Wildman–Crippen MR) is 165 cm³/mol. The van der Waals surface area contributed by atoms with Crippen LogP contribution >= 0.6 is 11.3 Å². The molecule has 0 amide bonds. The summed E-state index contributed by atoms with van der Waals surface area (Å²) in [6, 6.07) is 13.0. The van der Waals surface area contributed by atoms with E-state index in [2.05, 4.69) is 31.2 Å². The minimum atomic E-state index is -1.27. The molecule has 1 atom stereocenters. The van der Waals surface area contributed by atoms with Crippen LogP contribution in [-0.2, 0) is 12.0 Å². The summed E-state index contributed by atoms with van der Waals surface area (Å²) in [6.07, 6.45) is 5.57. The quantitative estimate of drug-likeness (QED) is 0.240. The van der Waals surface area contributed by atoms with Gasteiger partial charge in [-0.05, 0) is 73.2 Å². The van der Waals surface area contributed by atoms with Crippen molar-refractivity contribution in [3.63, 3.8) is 0 Å². The molecule has 4 aromatic rings. The van der Waals surface area contributed by atoms with Crippen molar-refractivity contribution in [1.29, 1.82) is 0 Å². The number of carboxylic acid groups (broad SMARTS) is 1. The Kier molecular flexibility index (Phi) is 7.91. The van der Waals surface area contributed by atoms with Gasteiger partial charge in [-0.25, -0.2) is 19.7 Å². The third-order valence-electron chi connectivity index (χ3n) is 8.05. The molecule has 0 spiro atoms. The van der Waals surface area contributed by atoms with Crippen LogP contribution in [0.2, 0.25) is 0 Å². The van der Waals surface area contributed by atoms with Gasteiger partial charge in [-0.2, -0.15) is 0 Å². The van der Waals surface area contributed by atoms with Crippen LogP contribution < -0.4 is 16.0 Å². The summed E-state index contributed by atoms with van der Waals surface area (Å²) in [5, 5.41) is 25.2. The minimum absolute atomic E-state index is 0.229. The molecule has 0 saturated carbocycles. The van der Waals surface area contributed by atoms with Crippen LogP contribution in [0.4, 0.5) is 17.3 Å². The average molecular weight is 586 g/mol. The number of aromatic carboxylic acids is 1. The lowest BCUT2D eigenvalue weighted by atomic mass is 9.79. The molecule has 1 aromatic carbocycles. The second-order valence-corrected chi connectivity index (χ2v) is 12.0. The molecule has 1 fully saturated rings. The predicted octanol–water partition coefficient (Wildman–Crippen LogP) is 4.00. The average Bonchev–Trinajstić information content (AvgIpc) is 3.49. The van der Waals surface area contributed by atoms with Crippen LogP contribution in [0.3, 0.4) is 0 Å². The van der Waals surface area contributed by atoms with Crippen molar-refractivity contribution < 1.29 is 15.0 Å². The number of nitrogens with one attached hydrogen (secondary N) is 1. The van der Waals surface area contributed by atoms with Gasteiger partial charge in [0.15, 0.2) is 0 Å². The molecule has 218 valence electrons. The first-order valence-corrected chi connectivity index (χ1v) is 15.1. The number of nitrogens with two attached hydrogens (primary N) is 1. The topological polar surface area (TPSA) is 141 Å². The van der Waals surface area contributed by atoms with E-state index in [-0.39, 0.29) is 5.56 Å². The lowest BCUT2D eigenvalue weighted by Gasteiger charge is -2.35. The second-order valence-electron chi connectivity index (χ2n) is 11.0. The molecular formula is C31H35N7O3S. The molecule has 1 aliphatic carbocycles. The highest BCUT2D eigenvalue weighted by Crippen LogP contribution is 2.43. The fourth-order valence-electron chi connectivity index (χ4n) is 5.90. The van der Waals surface area contributed by atoms with E-state index in [1.807, 2.05) is 31.3 Å². The lowest BCUT2D eigenvalue weighted by Crippen LogP contribution is -2.47. The third-order valence-corrected chi connectivity index (χ3v) is 9.22. The van der Waals surface area contributed by atoms with Crippen LogP contribution in [-0.4, -0.2) is 75.3 Å². The Balaban J connectivity index is 1.22. The first kappa shape index (κ1) is 28.2. The van der Waals surface area contributed by atoms with Crippen LogP contribution in [0.25, 0.3) is 10.6 Å². The maximum atomic E-state index is 11.8. The van der Waals surface area contributed by atoms with Gasteiger partial charge < -0.3 is 26.2 Å². The SMILES string of the molecule is Cc1cc(Nc2cc(N3CCN(CCN)CC3)ccn2)nc(-c2cnc([C@@]3(O)CCCc4cc(C(=O)O)ccc43)s2)c1. The van der Waals surface area contributed by atoms with Gasteiger partial charge in [0.1, 0.15) is 22.2 Å². The lowest BCUT2D eigenvalue weighted by molar-refractivity contribution is 0.0607. The molecule has 11 heteroatoms. The van der Waals surface area contributed by atoms with E-state index in [9.17, 15) is 15.0 Å². The number of carbonyl (C=O) groups is 1. The molecule has 0 radical (unpaired) electrons. The Morgan fingerprint density at radius 1 is 1.10 bits per heavy atom. The van der Waals surface area contributed by atoms with Crippen molar-refractivity contribution in [3.8, 4) is 10.6 Å². The summed E-state index contributed by atoms with van der Waals surface area (Å²) in [5.41, 5.74) is 9.18. The number of aromatic nitrogens is 3. The molecule has 0 bridgehead atoms. The van der Waals surface area contributed by atoms with Gasteiger partial charge in [0.2, 0.25) is 0 Å². The van der Waals surface area contributed by atoms with E-state index in [0.717, 1.165) is 84.3 Å². The number of fused-ring (bicyclic) bond motifs is 1. The summed E-state index contributed by atoms with van der Waals surface area (Å²) in [5.74, 6) is 0.432. The van der Waals surface area contributed by atoms with E-state index < -0.39 is 11.6 Å². The molecule has 1 saturated heterocycles. The maximum Gasteiger partial charge on any atom is 0.335 e. The summed E-state index contributed by atoms with van der Waals surface area (Å²) in [6.45, 7) is 7.51. The fourth-order valence-corrected chi connectivity index (χ4v) is 6.91. The van der Waals surface area contributed by atoms with Gasteiger partial charge in [-0.3, -0.25) is 4.90 Å². The highest BCUT2D eigenvalue weighted by atomic mass is 32.1. The maximum absolute atomic E-state index is 11.8. The molecule has 3 aromatic heterocycles. The van der Waals surface area contributed by atoms with E-state index in [4.69, 9.17) is 10.7 Å². The molecule has 10 nitrogen and oxygen atoms in total. The molecule has 5 N–H and O–H groups in total. The summed E-state index contributed by atoms with van der Waals surface area (Å²) < 4.78 is 0. The zero-order valence-electron chi connectivity index (χ0n) is 23.6. The van der Waals surface area contributed by atoms with Gasteiger partial charge in [0, 0.05) is 63.4 Å². The van der Waals surface area contributed by atoms with Gasteiger partial charge in [-0.15, -0.1) is 11.3 Å². The normalized spacial score (nSPS) is 19.0. The van der Waals surface area contributed by atoms with Crippen LogP contribution in [0.15, 0.2) is 54.9 Å². The van der Waals surface area contributed by atoms with Gasteiger partial charge in [0.05, 0.1) is 16.1 Å². The third kappa shape index (κ3) is 5.73. The number of thiazole rings is 1. The number of nitrogens with zero attached hydrogens (tertiary/aromatic N) is 5. The largest absolute Gasteiger partial charge is 0.478 e. The van der Waals surface area contributed by atoms with Crippen molar-refractivity contribution >= 4 is 34.6 Å². The van der Waals surface area contributed by atoms with Crippen molar-refractivity contribution in [2.24, 2.45) is 5.73 Å². The number of aryl methyl sites for hydroxylation is 2. The zero-order chi connectivity index (χ0) is 29.3. The minimum Gasteiger partial charge on any atom is -0.478 e. The van der Waals surface area contributed by atoms with E-state index in [1.54, 1.807) is 24.4 Å². The van der Waals surface area contributed by atoms with E-state index in [1.165, 1.54) is 11.3 Å². The smallest absolute Gasteiger partial charge is 0.335 e. The molecule has 2 aliphatic rings. The summed E-state index contributed by atoms with van der Waals surface area (Å²) >= 11 is 1.41. The molecule has 6 rings (SSSR count). The molecule has 0 unspecified atom stereocenters. The highest BCUT2D eigenvalue weighted by molar-refractivity contribution is 7.15. The highest BCUT2D eigenvalue weighted by Gasteiger charge is 2.39. The number of hydrogen-bond acceptors (Lipinski definition) is 10. The Labute approximate surface area is 248 Å². The number of aliphatic hydroxyl groups is 1. The second kappa shape index (κ2) is 11.8. The Morgan fingerprint density at radius 2 is 1.93 bits per heavy atom. The Bertz CT molecular complexity index is 1600. The van der Waals surface area contributed by atoms with Crippen molar-refractivity contribution in [2.75, 3.05) is 49.5 Å². The molecule has 1 aliphatic heterocycles. The Hall–Kier alpha value is -3.90. The molecule has 42 heavy (non-hydrogen) atoms. The van der Waals surface area contributed by atoms with Crippen LogP contribution in [0.1, 0.15) is 44.9 Å². The van der Waals surface area contributed by atoms with E-state index in [0.29, 0.717) is 23.8 Å². The monoisotopic (exact) mass is 585 g/mol. The van der Waals surface area contributed by atoms with Crippen molar-refractivity contribution in [3.05, 3.63) is 82.1 Å². The first-order chi connectivity index (χ1) is 20.3. The number of pyridine rings is 2. The number of hydrogen-bond donors (Lipinski definition) is 4. The standard InChI is InChI=1S/C31H35N7O3S/c1-20-15-25(26-19-34-30(42-26)31(41)7-2-3-21-17-22(29(39)40)4-5-24(21)31)35-28(16-20)36-27-18-23(6-9-33-27)38-13-11-37(10-8-32)12-14-38/h4-6,9,15-19,41H,2-3,7-8,10-14,32H2,1H3,(H,39,40)(H,33,35,36)/t31-/m1/s1. The van der Waals surface area contributed by atoms with Gasteiger partial charge in [0.25, 0.3) is 0 Å². The Morgan fingerprint density at radius 3 is 2.71 bits per heavy atom. The number of anilines is 3.